The molecule has 0 unspecified atom stereocenters. The number of hydrogen-bond acceptors (Lipinski definition) is 4. The molecular formula is C8H22AlCaCrNaO8Zn. The molecule has 0 aliphatic heterocycles. The second-order valence-electron chi connectivity index (χ2n) is 2.08. The SMILES string of the molecule is CC(=O)O.CC(=O)O.CC(=O)O.CC(=O)O.[AlH3].[Ca+2].[Cr].[H-].[H-].[H-].[Na+].[Zn]. The van der Waals surface area contributed by atoms with Crippen LogP contribution in [0.3, 0.4) is 0 Å². The quantitative estimate of drug-likeness (QED) is 0.272. The van der Waals surface area contributed by atoms with Crippen molar-refractivity contribution in [2.75, 3.05) is 0 Å². The van der Waals surface area contributed by atoms with Gasteiger partial charge in [0.15, 0.2) is 17.4 Å². The fourth-order valence-corrected chi connectivity index (χ4v) is 0. The normalized spacial score (nSPS) is 4.76. The first-order valence-electron chi connectivity index (χ1n) is 3.71. The van der Waals surface area contributed by atoms with Gasteiger partial charge in [0.2, 0.25) is 0 Å². The van der Waals surface area contributed by atoms with Crippen molar-refractivity contribution in [2.45, 2.75) is 27.7 Å². The number of carbonyl (C=O) groups is 4. The van der Waals surface area contributed by atoms with Gasteiger partial charge in [-0.1, -0.05) is 0 Å². The summed E-state index contributed by atoms with van der Waals surface area (Å²) in [5.74, 6) is -3.33. The minimum absolute atomic E-state index is 0. The molecule has 0 rings (SSSR count). The van der Waals surface area contributed by atoms with E-state index in [0.717, 1.165) is 27.7 Å². The van der Waals surface area contributed by atoms with Gasteiger partial charge in [0.25, 0.3) is 23.9 Å². The predicted octanol–water partition coefficient (Wildman–Crippen LogP) is -3.86. The molecular weight excluding hydrogens is 432 g/mol. The maximum Gasteiger partial charge on any atom is 2.00 e. The van der Waals surface area contributed by atoms with Crippen molar-refractivity contribution >= 4 is 79.0 Å². The molecule has 0 aromatic carbocycles. The largest absolute Gasteiger partial charge is 2.00 e. The van der Waals surface area contributed by atoms with Crippen LogP contribution in [0.15, 0.2) is 0 Å². The Morgan fingerprint density at radius 1 is 0.667 bits per heavy atom. The second-order valence-corrected chi connectivity index (χ2v) is 2.08. The minimum atomic E-state index is -0.833. The van der Waals surface area contributed by atoms with E-state index in [1.54, 1.807) is 0 Å². The van der Waals surface area contributed by atoms with E-state index in [4.69, 9.17) is 39.6 Å². The monoisotopic (exact) mass is 452 g/mol. The number of carboxylic acids is 4. The molecule has 13 heteroatoms. The molecule has 0 aliphatic rings. The van der Waals surface area contributed by atoms with Crippen LogP contribution in [0.4, 0.5) is 0 Å². The summed E-state index contributed by atoms with van der Waals surface area (Å²) in [6, 6.07) is 0. The van der Waals surface area contributed by atoms with Crippen molar-refractivity contribution in [1.29, 1.82) is 0 Å². The number of carboxylic acid groups (broad SMARTS) is 4. The first-order valence-corrected chi connectivity index (χ1v) is 3.71. The van der Waals surface area contributed by atoms with Crippen molar-refractivity contribution in [2.24, 2.45) is 0 Å². The van der Waals surface area contributed by atoms with Gasteiger partial charge in [-0.3, -0.25) is 19.2 Å². The Morgan fingerprint density at radius 2 is 0.667 bits per heavy atom. The average Bonchev–Trinajstić information content (AvgIpc) is 1.76. The van der Waals surface area contributed by atoms with Crippen LogP contribution in [0.25, 0.3) is 0 Å². The van der Waals surface area contributed by atoms with Gasteiger partial charge in [-0.15, -0.1) is 0 Å². The molecule has 0 atom stereocenters. The Hall–Kier alpha value is 1.83. The van der Waals surface area contributed by atoms with Gasteiger partial charge in [-0.05, 0) is 0 Å². The van der Waals surface area contributed by atoms with Gasteiger partial charge in [0.1, 0.15) is 0 Å². The van der Waals surface area contributed by atoms with Crippen LogP contribution in [0, 0.1) is 0 Å². The third-order valence-electron chi connectivity index (χ3n) is 0. The van der Waals surface area contributed by atoms with Crippen LogP contribution in [0.1, 0.15) is 32.0 Å². The van der Waals surface area contributed by atoms with Gasteiger partial charge in [0, 0.05) is 64.5 Å². The maximum absolute atomic E-state index is 9.00. The smallest absolute Gasteiger partial charge is 1.00 e. The molecule has 0 radical (unpaired) electrons. The number of rotatable bonds is 0. The molecule has 0 bridgehead atoms. The van der Waals surface area contributed by atoms with Crippen LogP contribution < -0.4 is 29.6 Å². The molecule has 0 aromatic heterocycles. The maximum atomic E-state index is 9.00. The topological polar surface area (TPSA) is 149 Å². The molecule has 4 N–H and O–H groups in total. The van der Waals surface area contributed by atoms with Crippen LogP contribution in [-0.2, 0) is 56.0 Å². The van der Waals surface area contributed by atoms with Gasteiger partial charge < -0.3 is 24.7 Å². The Labute approximate surface area is 214 Å². The molecule has 0 aromatic rings. The fraction of sp³-hybridized carbons (Fsp3) is 0.500. The first kappa shape index (κ1) is 56.9. The number of aliphatic carboxylic acids is 4. The average molecular weight is 454 g/mol. The summed E-state index contributed by atoms with van der Waals surface area (Å²) >= 11 is 0. The predicted molar refractivity (Wildman–Crippen MR) is 72.3 cm³/mol. The van der Waals surface area contributed by atoms with Gasteiger partial charge >= 0.3 is 67.3 Å². The van der Waals surface area contributed by atoms with Gasteiger partial charge in [-0.2, -0.15) is 0 Å². The van der Waals surface area contributed by atoms with Crippen molar-refractivity contribution in [3.63, 3.8) is 0 Å². The zero-order valence-corrected chi connectivity index (χ0v) is 20.7. The molecule has 0 amide bonds. The van der Waals surface area contributed by atoms with Crippen molar-refractivity contribution in [3.8, 4) is 0 Å². The first-order chi connectivity index (χ1) is 6.93. The summed E-state index contributed by atoms with van der Waals surface area (Å²) in [6.07, 6.45) is 0. The van der Waals surface area contributed by atoms with Gasteiger partial charge in [-0.25, -0.2) is 0 Å². The zero-order valence-electron chi connectivity index (χ0n) is 15.2. The van der Waals surface area contributed by atoms with E-state index in [0.29, 0.717) is 0 Å². The Balaban J connectivity index is -0.00000000720. The van der Waals surface area contributed by atoms with Crippen molar-refractivity contribution < 1.29 is 110 Å². The Bertz CT molecular complexity index is 197. The van der Waals surface area contributed by atoms with E-state index in [1.165, 1.54) is 0 Å². The summed E-state index contributed by atoms with van der Waals surface area (Å²) in [5, 5.41) is 29.7. The van der Waals surface area contributed by atoms with E-state index in [9.17, 15) is 0 Å². The van der Waals surface area contributed by atoms with Crippen molar-refractivity contribution in [3.05, 3.63) is 0 Å². The van der Waals surface area contributed by atoms with E-state index in [-0.39, 0.29) is 126 Å². The fourth-order valence-electron chi connectivity index (χ4n) is 0. The van der Waals surface area contributed by atoms with E-state index in [1.807, 2.05) is 0 Å². The molecule has 0 spiro atoms. The van der Waals surface area contributed by atoms with Crippen LogP contribution in [0.2, 0.25) is 0 Å². The summed E-state index contributed by atoms with van der Waals surface area (Å²) in [5.41, 5.74) is 0. The molecule has 0 fully saturated rings. The summed E-state index contributed by atoms with van der Waals surface area (Å²) < 4.78 is 0. The number of hydrogen-bond donors (Lipinski definition) is 4. The van der Waals surface area contributed by atoms with E-state index >= 15 is 0 Å². The van der Waals surface area contributed by atoms with Crippen LogP contribution in [-0.4, -0.2) is 99.4 Å². The summed E-state index contributed by atoms with van der Waals surface area (Å²) in [7, 11) is 0. The summed E-state index contributed by atoms with van der Waals surface area (Å²) in [6.45, 7) is 4.33. The second kappa shape index (κ2) is 49.5. The zero-order chi connectivity index (χ0) is 14.3. The van der Waals surface area contributed by atoms with E-state index in [2.05, 4.69) is 0 Å². The minimum Gasteiger partial charge on any atom is -1.00 e. The van der Waals surface area contributed by atoms with Crippen molar-refractivity contribution in [1.82, 2.24) is 0 Å². The molecule has 8 nitrogen and oxygen atoms in total. The molecule has 0 saturated carbocycles. The Morgan fingerprint density at radius 3 is 0.667 bits per heavy atom. The Kier molecular flexibility index (Phi) is 134. The summed E-state index contributed by atoms with van der Waals surface area (Å²) in [4.78, 5) is 36.0. The third-order valence-corrected chi connectivity index (χ3v) is 0. The molecule has 0 saturated heterocycles. The molecule has 0 aliphatic carbocycles. The van der Waals surface area contributed by atoms with Crippen LogP contribution in [0.5, 0.6) is 0 Å². The molecule has 21 heavy (non-hydrogen) atoms. The molecule has 116 valence electrons. The van der Waals surface area contributed by atoms with E-state index < -0.39 is 23.9 Å². The van der Waals surface area contributed by atoms with Crippen LogP contribution >= 0.6 is 0 Å². The van der Waals surface area contributed by atoms with Gasteiger partial charge in [0.05, 0.1) is 0 Å². The standard InChI is InChI=1S/4C2H4O2.Al.Ca.Cr.Na.Zn.6H/c4*1-2(3)4;;;;;;;;;;;/h4*1H3,(H,3,4);;;;;;;;;;;/q;;;;;+2;;+1;;;;;3*-1. The molecule has 0 heterocycles. The third kappa shape index (κ3) is 2570.